The van der Waals surface area contributed by atoms with E-state index < -0.39 is 0 Å². The van der Waals surface area contributed by atoms with Gasteiger partial charge in [0, 0.05) is 10.9 Å². The number of aryl methyl sites for hydroxylation is 2. The van der Waals surface area contributed by atoms with Crippen molar-refractivity contribution >= 4 is 10.8 Å². The van der Waals surface area contributed by atoms with E-state index in [4.69, 9.17) is 0 Å². The first-order valence-corrected chi connectivity index (χ1v) is 10.2. The molecule has 0 saturated heterocycles. The van der Waals surface area contributed by atoms with Crippen molar-refractivity contribution in [3.05, 3.63) is 108 Å². The zero-order chi connectivity index (χ0) is 20.2. The van der Waals surface area contributed by atoms with Crippen LogP contribution < -0.4 is 0 Å². The lowest BCUT2D eigenvalue weighted by molar-refractivity contribution is 0.643. The van der Waals surface area contributed by atoms with Crippen LogP contribution in [0.25, 0.3) is 33.0 Å². The van der Waals surface area contributed by atoms with Gasteiger partial charge in [0.25, 0.3) is 0 Å². The summed E-state index contributed by atoms with van der Waals surface area (Å²) in [5, 5.41) is 1.64. The van der Waals surface area contributed by atoms with Crippen molar-refractivity contribution in [2.24, 2.45) is 0 Å². The van der Waals surface area contributed by atoms with Crippen LogP contribution in [0.3, 0.4) is 0 Å². The highest BCUT2D eigenvalue weighted by Crippen LogP contribution is 2.31. The summed E-state index contributed by atoms with van der Waals surface area (Å²) in [6.07, 6.45) is 4.91. The topological polar surface area (TPSA) is 0 Å². The first-order chi connectivity index (χ1) is 14.2. The van der Waals surface area contributed by atoms with Gasteiger partial charge in [-0.3, -0.25) is 0 Å². The van der Waals surface area contributed by atoms with Gasteiger partial charge in [-0.15, -0.1) is 6.58 Å². The Kier molecular flexibility index (Phi) is 5.57. The highest BCUT2D eigenvalue weighted by Gasteiger charge is 2.10. The molecule has 0 saturated carbocycles. The molecule has 0 aliphatic rings. The number of hydrogen-bond acceptors (Lipinski definition) is 0. The van der Waals surface area contributed by atoms with Gasteiger partial charge in [-0.1, -0.05) is 91.9 Å². The summed E-state index contributed by atoms with van der Waals surface area (Å²) in [6, 6.07) is 26.7. The van der Waals surface area contributed by atoms with Crippen molar-refractivity contribution in [3.63, 3.8) is 0 Å². The molecule has 0 nitrogen and oxygen atoms in total. The molecule has 144 valence electrons. The lowest BCUT2D eigenvalue weighted by Crippen LogP contribution is -1.89. The molecule has 0 N–H and O–H groups in total. The number of hydrogen-bond donors (Lipinski definition) is 0. The molecule has 29 heavy (non-hydrogen) atoms. The highest BCUT2D eigenvalue weighted by molar-refractivity contribution is 5.89. The predicted octanol–water partition coefficient (Wildman–Crippen LogP) is 7.99. The van der Waals surface area contributed by atoms with Crippen LogP contribution in [0.4, 0.5) is 4.39 Å². The summed E-state index contributed by atoms with van der Waals surface area (Å²) >= 11 is 0. The summed E-state index contributed by atoms with van der Waals surface area (Å²) < 4.78 is 15.2. The van der Waals surface area contributed by atoms with Crippen molar-refractivity contribution in [3.8, 4) is 22.3 Å². The Morgan fingerprint density at radius 2 is 1.38 bits per heavy atom. The fourth-order valence-electron chi connectivity index (χ4n) is 3.76. The van der Waals surface area contributed by atoms with E-state index in [0.717, 1.165) is 35.8 Å². The fraction of sp³-hybridized carbons (Fsp3) is 0.143. The van der Waals surface area contributed by atoms with Crippen molar-refractivity contribution in [1.29, 1.82) is 0 Å². The van der Waals surface area contributed by atoms with Crippen LogP contribution in [0.1, 0.15) is 24.5 Å². The van der Waals surface area contributed by atoms with Crippen LogP contribution in [-0.2, 0) is 12.8 Å². The van der Waals surface area contributed by atoms with Crippen LogP contribution in [0.2, 0.25) is 0 Å². The lowest BCUT2D eigenvalue weighted by Gasteiger charge is -2.10. The minimum Gasteiger partial charge on any atom is -0.206 e. The van der Waals surface area contributed by atoms with E-state index in [0.29, 0.717) is 10.9 Å². The molecule has 0 unspecified atom stereocenters. The minimum atomic E-state index is -0.149. The molecule has 0 aromatic heterocycles. The van der Waals surface area contributed by atoms with Gasteiger partial charge in [0.15, 0.2) is 0 Å². The zero-order valence-corrected chi connectivity index (χ0v) is 16.8. The second kappa shape index (κ2) is 8.45. The summed E-state index contributed by atoms with van der Waals surface area (Å²) in [7, 11) is 0. The number of allylic oxidation sites excluding steroid dienone is 1. The Hall–Kier alpha value is -3.19. The van der Waals surface area contributed by atoms with E-state index in [1.165, 1.54) is 16.7 Å². The Bertz CT molecular complexity index is 1140. The largest absolute Gasteiger partial charge is 0.206 e. The zero-order valence-electron chi connectivity index (χ0n) is 16.8. The summed E-state index contributed by atoms with van der Waals surface area (Å²) in [5.41, 5.74) is 6.39. The van der Waals surface area contributed by atoms with Crippen molar-refractivity contribution in [1.82, 2.24) is 0 Å². The third-order valence-electron chi connectivity index (χ3n) is 5.55. The molecule has 0 heterocycles. The lowest BCUT2D eigenvalue weighted by atomic mass is 9.96. The molecular weight excluding hydrogens is 355 g/mol. The van der Waals surface area contributed by atoms with Gasteiger partial charge < -0.3 is 0 Å². The third kappa shape index (κ3) is 4.00. The van der Waals surface area contributed by atoms with Crippen molar-refractivity contribution in [2.75, 3.05) is 0 Å². The van der Waals surface area contributed by atoms with Crippen molar-refractivity contribution < 1.29 is 4.39 Å². The first kappa shape index (κ1) is 19.1. The highest BCUT2D eigenvalue weighted by atomic mass is 19.1. The summed E-state index contributed by atoms with van der Waals surface area (Å²) in [5.74, 6) is -0.149. The quantitative estimate of drug-likeness (QED) is 0.297. The average molecular weight is 381 g/mol. The van der Waals surface area contributed by atoms with E-state index in [2.05, 4.69) is 56.0 Å². The number of fused-ring (bicyclic) bond motifs is 1. The summed E-state index contributed by atoms with van der Waals surface area (Å²) in [4.78, 5) is 0. The third-order valence-corrected chi connectivity index (χ3v) is 5.55. The SMILES string of the molecule is C=CCCc1ccc(-c2ccc(-c3ccc4cc(CC)ccc4c3F)cc2)cc1. The van der Waals surface area contributed by atoms with Gasteiger partial charge in [-0.05, 0) is 52.5 Å². The Labute approximate surface area is 172 Å². The molecule has 4 aromatic rings. The molecule has 4 rings (SSSR count). The average Bonchev–Trinajstić information content (AvgIpc) is 2.78. The fourth-order valence-corrected chi connectivity index (χ4v) is 3.76. The van der Waals surface area contributed by atoms with Gasteiger partial charge in [0.2, 0.25) is 0 Å². The van der Waals surface area contributed by atoms with Gasteiger partial charge >= 0.3 is 0 Å². The minimum absolute atomic E-state index is 0.149. The molecule has 0 aliphatic heterocycles. The Morgan fingerprint density at radius 3 is 2.03 bits per heavy atom. The maximum absolute atomic E-state index is 15.2. The van der Waals surface area contributed by atoms with Crippen LogP contribution in [0.15, 0.2) is 91.5 Å². The normalized spacial score (nSPS) is 11.0. The molecule has 0 radical (unpaired) electrons. The number of rotatable bonds is 6. The molecule has 0 spiro atoms. The monoisotopic (exact) mass is 380 g/mol. The smallest absolute Gasteiger partial charge is 0.138 e. The number of benzene rings is 4. The van der Waals surface area contributed by atoms with Gasteiger partial charge in [-0.25, -0.2) is 4.39 Å². The molecule has 0 bridgehead atoms. The van der Waals surface area contributed by atoms with E-state index >= 15 is 4.39 Å². The molecule has 0 aliphatic carbocycles. The van der Waals surface area contributed by atoms with Gasteiger partial charge in [-0.2, -0.15) is 0 Å². The standard InChI is InChI=1S/C28H25F/c1-3-5-6-21-7-10-22(11-8-21)23-12-14-24(15-13-23)26-18-16-25-19-20(4-2)9-17-27(25)28(26)29/h3,7-19H,1,4-6H2,2H3. The van der Waals surface area contributed by atoms with E-state index in [1.807, 2.05) is 42.5 Å². The molecule has 0 amide bonds. The first-order valence-electron chi connectivity index (χ1n) is 10.2. The number of halogens is 1. The Morgan fingerprint density at radius 1 is 0.759 bits per heavy atom. The molecule has 1 heteroatoms. The summed E-state index contributed by atoms with van der Waals surface area (Å²) in [6.45, 7) is 5.89. The van der Waals surface area contributed by atoms with E-state index in [1.54, 1.807) is 0 Å². The molecule has 4 aromatic carbocycles. The van der Waals surface area contributed by atoms with Crippen LogP contribution in [0, 0.1) is 5.82 Å². The molecule has 0 fully saturated rings. The van der Waals surface area contributed by atoms with Crippen LogP contribution >= 0.6 is 0 Å². The maximum Gasteiger partial charge on any atom is 0.138 e. The van der Waals surface area contributed by atoms with Gasteiger partial charge in [0.05, 0.1) is 0 Å². The van der Waals surface area contributed by atoms with Gasteiger partial charge in [0.1, 0.15) is 5.82 Å². The molecule has 0 atom stereocenters. The maximum atomic E-state index is 15.2. The second-order valence-electron chi connectivity index (χ2n) is 7.44. The Balaban J connectivity index is 1.62. The van der Waals surface area contributed by atoms with Crippen LogP contribution in [-0.4, -0.2) is 0 Å². The van der Waals surface area contributed by atoms with E-state index in [-0.39, 0.29) is 5.82 Å². The van der Waals surface area contributed by atoms with Crippen LogP contribution in [0.5, 0.6) is 0 Å². The predicted molar refractivity (Wildman–Crippen MR) is 123 cm³/mol. The van der Waals surface area contributed by atoms with E-state index in [9.17, 15) is 0 Å². The molecular formula is C28H25F. The second-order valence-corrected chi connectivity index (χ2v) is 7.44. The van der Waals surface area contributed by atoms with Crippen molar-refractivity contribution in [2.45, 2.75) is 26.2 Å².